The summed E-state index contributed by atoms with van der Waals surface area (Å²) in [4.78, 5) is 2.60. The monoisotopic (exact) mass is 274 g/mol. The van der Waals surface area contributed by atoms with E-state index in [0.717, 1.165) is 18.4 Å². The maximum Gasteiger partial charge on any atom is 0.0398 e. The fourth-order valence-electron chi connectivity index (χ4n) is 3.48. The number of benzene rings is 1. The Bertz CT molecular complexity index is 402. The largest absolute Gasteiger partial charge is 0.371 e. The molecule has 0 bridgehead atoms. The quantitative estimate of drug-likeness (QED) is 0.818. The first-order valence-electron chi connectivity index (χ1n) is 8.27. The van der Waals surface area contributed by atoms with Crippen LogP contribution in [0.25, 0.3) is 0 Å². The predicted molar refractivity (Wildman–Crippen MR) is 88.2 cm³/mol. The van der Waals surface area contributed by atoms with Crippen molar-refractivity contribution in [1.29, 1.82) is 0 Å². The number of para-hydroxylation sites is 1. The summed E-state index contributed by atoms with van der Waals surface area (Å²) in [7, 11) is 0. The van der Waals surface area contributed by atoms with E-state index in [-0.39, 0.29) is 0 Å². The maximum atomic E-state index is 5.69. The minimum atomic E-state index is 0.774. The molecular formula is C18H30N2. The lowest BCUT2D eigenvalue weighted by molar-refractivity contribution is 0.423. The Morgan fingerprint density at radius 2 is 2.10 bits per heavy atom. The third-order valence-electron chi connectivity index (χ3n) is 4.63. The zero-order valence-corrected chi connectivity index (χ0v) is 13.1. The summed E-state index contributed by atoms with van der Waals surface area (Å²) in [6.07, 6.45) is 6.30. The summed E-state index contributed by atoms with van der Waals surface area (Å²) in [6, 6.07) is 8.92. The predicted octanol–water partition coefficient (Wildman–Crippen LogP) is 3.84. The van der Waals surface area contributed by atoms with E-state index in [4.69, 9.17) is 5.73 Å². The molecule has 20 heavy (non-hydrogen) atoms. The van der Waals surface area contributed by atoms with Gasteiger partial charge in [0.15, 0.2) is 0 Å². The molecule has 1 aliphatic heterocycles. The van der Waals surface area contributed by atoms with Gasteiger partial charge in [-0.15, -0.1) is 0 Å². The molecule has 2 nitrogen and oxygen atoms in total. The summed E-state index contributed by atoms with van der Waals surface area (Å²) in [5.41, 5.74) is 8.69. The molecule has 112 valence electrons. The first-order chi connectivity index (χ1) is 9.74. The molecule has 2 rings (SSSR count). The van der Waals surface area contributed by atoms with Gasteiger partial charge in [-0.25, -0.2) is 0 Å². The van der Waals surface area contributed by atoms with E-state index in [9.17, 15) is 0 Å². The van der Waals surface area contributed by atoms with Gasteiger partial charge in [-0.1, -0.05) is 38.5 Å². The zero-order chi connectivity index (χ0) is 14.4. The van der Waals surface area contributed by atoms with Gasteiger partial charge in [-0.3, -0.25) is 0 Å². The number of rotatable bonds is 7. The van der Waals surface area contributed by atoms with Crippen LogP contribution in [0.15, 0.2) is 24.3 Å². The van der Waals surface area contributed by atoms with Crippen LogP contribution in [0.2, 0.25) is 0 Å². The van der Waals surface area contributed by atoms with Gasteiger partial charge in [0.2, 0.25) is 0 Å². The Hall–Kier alpha value is -1.02. The second-order valence-corrected chi connectivity index (χ2v) is 6.38. The Balaban J connectivity index is 1.90. The molecule has 0 spiro atoms. The molecule has 2 atom stereocenters. The second kappa shape index (κ2) is 7.68. The minimum absolute atomic E-state index is 0.774. The van der Waals surface area contributed by atoms with Crippen LogP contribution < -0.4 is 10.6 Å². The lowest BCUT2D eigenvalue weighted by Gasteiger charge is -2.35. The van der Waals surface area contributed by atoms with E-state index in [1.165, 1.54) is 56.4 Å². The minimum Gasteiger partial charge on any atom is -0.371 e. The SMILES string of the molecule is CCC(CCN)CCCN1CC(C)Cc2ccccc21. The van der Waals surface area contributed by atoms with Gasteiger partial charge in [-0.2, -0.15) is 0 Å². The normalized spacial score (nSPS) is 19.8. The molecular weight excluding hydrogens is 244 g/mol. The van der Waals surface area contributed by atoms with Crippen molar-refractivity contribution in [3.05, 3.63) is 29.8 Å². The fraction of sp³-hybridized carbons (Fsp3) is 0.667. The van der Waals surface area contributed by atoms with E-state index >= 15 is 0 Å². The third-order valence-corrected chi connectivity index (χ3v) is 4.63. The van der Waals surface area contributed by atoms with Crippen molar-refractivity contribution >= 4 is 5.69 Å². The topological polar surface area (TPSA) is 29.3 Å². The van der Waals surface area contributed by atoms with E-state index < -0.39 is 0 Å². The Labute approximate surface area is 124 Å². The molecule has 2 N–H and O–H groups in total. The highest BCUT2D eigenvalue weighted by Gasteiger charge is 2.20. The van der Waals surface area contributed by atoms with Crippen LogP contribution in [-0.4, -0.2) is 19.6 Å². The summed E-state index contributed by atoms with van der Waals surface area (Å²) in [5, 5.41) is 0. The Morgan fingerprint density at radius 1 is 1.30 bits per heavy atom. The van der Waals surface area contributed by atoms with E-state index in [1.54, 1.807) is 0 Å². The average molecular weight is 274 g/mol. The first-order valence-corrected chi connectivity index (χ1v) is 8.27. The van der Waals surface area contributed by atoms with Gasteiger partial charge in [0, 0.05) is 18.8 Å². The van der Waals surface area contributed by atoms with Gasteiger partial charge >= 0.3 is 0 Å². The molecule has 2 heteroatoms. The lowest BCUT2D eigenvalue weighted by Crippen LogP contribution is -2.35. The molecule has 0 fully saturated rings. The maximum absolute atomic E-state index is 5.69. The molecule has 0 radical (unpaired) electrons. The molecule has 0 aliphatic carbocycles. The summed E-state index contributed by atoms with van der Waals surface area (Å²) >= 11 is 0. The van der Waals surface area contributed by atoms with Gasteiger partial charge in [0.05, 0.1) is 0 Å². The molecule has 0 saturated carbocycles. The molecule has 1 aliphatic rings. The third kappa shape index (κ3) is 3.99. The second-order valence-electron chi connectivity index (χ2n) is 6.38. The number of hydrogen-bond acceptors (Lipinski definition) is 2. The van der Waals surface area contributed by atoms with Gasteiger partial charge in [-0.05, 0) is 55.7 Å². The number of nitrogens with zero attached hydrogens (tertiary/aromatic N) is 1. The van der Waals surface area contributed by atoms with Crippen molar-refractivity contribution < 1.29 is 0 Å². The van der Waals surface area contributed by atoms with Crippen molar-refractivity contribution in [2.24, 2.45) is 17.6 Å². The van der Waals surface area contributed by atoms with Crippen molar-refractivity contribution in [3.8, 4) is 0 Å². The van der Waals surface area contributed by atoms with Crippen molar-refractivity contribution in [3.63, 3.8) is 0 Å². The van der Waals surface area contributed by atoms with Crippen LogP contribution in [0.1, 0.15) is 45.1 Å². The van der Waals surface area contributed by atoms with Gasteiger partial charge in [0.25, 0.3) is 0 Å². The van der Waals surface area contributed by atoms with Crippen LogP contribution in [0.3, 0.4) is 0 Å². The standard InChI is InChI=1S/C18H30N2/c1-3-16(10-11-19)7-6-12-20-14-15(2)13-17-8-4-5-9-18(17)20/h4-5,8-9,15-16H,3,6-7,10-14,19H2,1-2H3. The molecule has 1 heterocycles. The summed E-state index contributed by atoms with van der Waals surface area (Å²) < 4.78 is 0. The molecule has 1 aromatic carbocycles. The van der Waals surface area contributed by atoms with E-state index in [2.05, 4.69) is 43.0 Å². The lowest BCUT2D eigenvalue weighted by atomic mass is 9.92. The van der Waals surface area contributed by atoms with Crippen molar-refractivity contribution in [1.82, 2.24) is 0 Å². The number of hydrogen-bond donors (Lipinski definition) is 1. The number of anilines is 1. The highest BCUT2D eigenvalue weighted by molar-refractivity contribution is 5.55. The molecule has 1 aromatic rings. The molecule has 0 amide bonds. The van der Waals surface area contributed by atoms with Gasteiger partial charge in [0.1, 0.15) is 0 Å². The molecule has 2 unspecified atom stereocenters. The molecule has 0 saturated heterocycles. The van der Waals surface area contributed by atoms with E-state index in [0.29, 0.717) is 0 Å². The highest BCUT2D eigenvalue weighted by atomic mass is 15.1. The smallest absolute Gasteiger partial charge is 0.0398 e. The van der Waals surface area contributed by atoms with Crippen LogP contribution in [0.5, 0.6) is 0 Å². The van der Waals surface area contributed by atoms with Crippen LogP contribution in [-0.2, 0) is 6.42 Å². The summed E-state index contributed by atoms with van der Waals surface area (Å²) in [5.74, 6) is 1.59. The number of fused-ring (bicyclic) bond motifs is 1. The van der Waals surface area contributed by atoms with E-state index in [1.807, 2.05) is 0 Å². The van der Waals surface area contributed by atoms with Crippen LogP contribution in [0, 0.1) is 11.8 Å². The number of nitrogens with two attached hydrogens (primary N) is 1. The van der Waals surface area contributed by atoms with Gasteiger partial charge < -0.3 is 10.6 Å². The van der Waals surface area contributed by atoms with Crippen LogP contribution >= 0.6 is 0 Å². The molecule has 0 aromatic heterocycles. The first kappa shape index (κ1) is 15.4. The fourth-order valence-corrected chi connectivity index (χ4v) is 3.48. The highest BCUT2D eigenvalue weighted by Crippen LogP contribution is 2.29. The van der Waals surface area contributed by atoms with Crippen LogP contribution in [0.4, 0.5) is 5.69 Å². The zero-order valence-electron chi connectivity index (χ0n) is 13.1. The van der Waals surface area contributed by atoms with Crippen molar-refractivity contribution in [2.45, 2.75) is 46.0 Å². The van der Waals surface area contributed by atoms with Crippen molar-refractivity contribution in [2.75, 3.05) is 24.5 Å². The average Bonchev–Trinajstić information content (AvgIpc) is 2.46. The summed E-state index contributed by atoms with van der Waals surface area (Å²) in [6.45, 7) is 7.90. The Kier molecular flexibility index (Phi) is 5.90. The Morgan fingerprint density at radius 3 is 2.85 bits per heavy atom.